The van der Waals surface area contributed by atoms with Crippen LogP contribution in [0, 0.1) is 5.92 Å². The highest BCUT2D eigenvalue weighted by Gasteiger charge is 2.40. The van der Waals surface area contributed by atoms with Crippen molar-refractivity contribution in [2.45, 2.75) is 37.7 Å². The average Bonchev–Trinajstić information content (AvgIpc) is 2.03. The topological polar surface area (TPSA) is 29.5 Å². The van der Waals surface area contributed by atoms with Gasteiger partial charge in [-0.15, -0.1) is 0 Å². The van der Waals surface area contributed by atoms with E-state index in [0.29, 0.717) is 5.92 Å². The molecule has 2 nitrogen and oxygen atoms in total. The minimum Gasteiger partial charge on any atom is -0.389 e. The lowest BCUT2D eigenvalue weighted by atomic mass is 9.73. The quantitative estimate of drug-likeness (QED) is 0.573. The summed E-state index contributed by atoms with van der Waals surface area (Å²) >= 11 is 0. The molecule has 1 saturated heterocycles. The van der Waals surface area contributed by atoms with E-state index >= 15 is 0 Å². The molecule has 1 N–H and O–H groups in total. The second-order valence-corrected chi connectivity index (χ2v) is 3.87. The van der Waals surface area contributed by atoms with Crippen LogP contribution in [0.15, 0.2) is 0 Å². The van der Waals surface area contributed by atoms with Crippen molar-refractivity contribution in [3.63, 3.8) is 0 Å². The van der Waals surface area contributed by atoms with Crippen molar-refractivity contribution >= 4 is 0 Å². The first kappa shape index (κ1) is 7.56. The summed E-state index contributed by atoms with van der Waals surface area (Å²) in [5.41, 5.74) is -0.351. The molecule has 1 aliphatic heterocycles. The van der Waals surface area contributed by atoms with Gasteiger partial charge < -0.3 is 9.84 Å². The zero-order valence-corrected chi connectivity index (χ0v) is 6.88. The Morgan fingerprint density at radius 3 is 3.00 bits per heavy atom. The monoisotopic (exact) mass is 156 g/mol. The SMILES string of the molecule is O[C@@]12CCCCC1COCC2. The van der Waals surface area contributed by atoms with Crippen LogP contribution in [-0.2, 0) is 4.74 Å². The van der Waals surface area contributed by atoms with Gasteiger partial charge in [-0.1, -0.05) is 12.8 Å². The molecule has 0 radical (unpaired) electrons. The summed E-state index contributed by atoms with van der Waals surface area (Å²) in [7, 11) is 0. The first-order chi connectivity index (χ1) is 5.31. The summed E-state index contributed by atoms with van der Waals surface area (Å²) in [4.78, 5) is 0. The Morgan fingerprint density at radius 1 is 1.27 bits per heavy atom. The Bertz CT molecular complexity index is 132. The highest BCUT2D eigenvalue weighted by molar-refractivity contribution is 4.91. The summed E-state index contributed by atoms with van der Waals surface area (Å²) in [5, 5.41) is 10.1. The van der Waals surface area contributed by atoms with Crippen LogP contribution in [0.5, 0.6) is 0 Å². The van der Waals surface area contributed by atoms with Gasteiger partial charge in [0, 0.05) is 12.5 Å². The van der Waals surface area contributed by atoms with Crippen molar-refractivity contribution in [2.75, 3.05) is 13.2 Å². The van der Waals surface area contributed by atoms with Crippen molar-refractivity contribution in [3.05, 3.63) is 0 Å². The normalized spacial score (nSPS) is 45.0. The summed E-state index contributed by atoms with van der Waals surface area (Å²) < 4.78 is 5.34. The Hall–Kier alpha value is -0.0800. The lowest BCUT2D eigenvalue weighted by molar-refractivity contribution is -0.131. The van der Waals surface area contributed by atoms with Gasteiger partial charge in [0.1, 0.15) is 0 Å². The minimum absolute atomic E-state index is 0.351. The van der Waals surface area contributed by atoms with Gasteiger partial charge >= 0.3 is 0 Å². The maximum atomic E-state index is 10.1. The summed E-state index contributed by atoms with van der Waals surface area (Å²) in [6.45, 7) is 1.55. The second-order valence-electron chi connectivity index (χ2n) is 3.87. The van der Waals surface area contributed by atoms with Crippen molar-refractivity contribution in [1.82, 2.24) is 0 Å². The maximum Gasteiger partial charge on any atom is 0.0719 e. The molecule has 2 heteroatoms. The average molecular weight is 156 g/mol. The molecule has 2 aliphatic rings. The molecule has 0 amide bonds. The Balaban J connectivity index is 2.06. The van der Waals surface area contributed by atoms with Gasteiger partial charge in [0.2, 0.25) is 0 Å². The van der Waals surface area contributed by atoms with Crippen LogP contribution >= 0.6 is 0 Å². The Labute approximate surface area is 67.6 Å². The van der Waals surface area contributed by atoms with Crippen LogP contribution in [0.1, 0.15) is 32.1 Å². The molecule has 0 bridgehead atoms. The fourth-order valence-corrected chi connectivity index (χ4v) is 2.34. The number of hydrogen-bond acceptors (Lipinski definition) is 2. The third-order valence-electron chi connectivity index (χ3n) is 3.17. The van der Waals surface area contributed by atoms with Crippen LogP contribution in [0.25, 0.3) is 0 Å². The lowest BCUT2D eigenvalue weighted by Crippen LogP contribution is -2.47. The lowest BCUT2D eigenvalue weighted by Gasteiger charge is -2.43. The Kier molecular flexibility index (Phi) is 1.90. The molecular formula is C9H16O2. The van der Waals surface area contributed by atoms with Crippen molar-refractivity contribution in [3.8, 4) is 0 Å². The van der Waals surface area contributed by atoms with Crippen LogP contribution in [-0.4, -0.2) is 23.9 Å². The molecule has 0 aromatic rings. The van der Waals surface area contributed by atoms with E-state index < -0.39 is 0 Å². The van der Waals surface area contributed by atoms with Crippen LogP contribution in [0.3, 0.4) is 0 Å². The summed E-state index contributed by atoms with van der Waals surface area (Å²) in [6.07, 6.45) is 5.50. The zero-order chi connectivity index (χ0) is 7.73. The molecular weight excluding hydrogens is 140 g/mol. The third-order valence-corrected chi connectivity index (χ3v) is 3.17. The van der Waals surface area contributed by atoms with Gasteiger partial charge in [-0.25, -0.2) is 0 Å². The summed E-state index contributed by atoms with van der Waals surface area (Å²) in [5.74, 6) is 0.435. The number of rotatable bonds is 0. The predicted octanol–water partition coefficient (Wildman–Crippen LogP) is 1.33. The highest BCUT2D eigenvalue weighted by Crippen LogP contribution is 2.38. The molecule has 2 rings (SSSR count). The van der Waals surface area contributed by atoms with Gasteiger partial charge in [-0.2, -0.15) is 0 Å². The molecule has 1 aliphatic carbocycles. The van der Waals surface area contributed by atoms with Crippen molar-refractivity contribution < 1.29 is 9.84 Å². The largest absolute Gasteiger partial charge is 0.389 e. The first-order valence-electron chi connectivity index (χ1n) is 4.61. The van der Waals surface area contributed by atoms with Crippen molar-refractivity contribution in [2.24, 2.45) is 5.92 Å². The van der Waals surface area contributed by atoms with E-state index in [2.05, 4.69) is 0 Å². The minimum atomic E-state index is -0.351. The fourth-order valence-electron chi connectivity index (χ4n) is 2.34. The molecule has 0 aromatic carbocycles. The molecule has 2 fully saturated rings. The first-order valence-corrected chi connectivity index (χ1v) is 4.61. The van der Waals surface area contributed by atoms with Crippen LogP contribution in [0.2, 0.25) is 0 Å². The van der Waals surface area contributed by atoms with Gasteiger partial charge in [-0.3, -0.25) is 0 Å². The number of hydrogen-bond donors (Lipinski definition) is 1. The number of aliphatic hydroxyl groups is 1. The molecule has 64 valence electrons. The van der Waals surface area contributed by atoms with Crippen molar-refractivity contribution in [1.29, 1.82) is 0 Å². The van der Waals surface area contributed by atoms with E-state index in [9.17, 15) is 5.11 Å². The molecule has 1 heterocycles. The van der Waals surface area contributed by atoms with Crippen LogP contribution < -0.4 is 0 Å². The van der Waals surface area contributed by atoms with Gasteiger partial charge in [-0.05, 0) is 19.3 Å². The maximum absolute atomic E-state index is 10.1. The van der Waals surface area contributed by atoms with Crippen LogP contribution in [0.4, 0.5) is 0 Å². The van der Waals surface area contributed by atoms with Gasteiger partial charge in [0.05, 0.1) is 12.2 Å². The van der Waals surface area contributed by atoms with Gasteiger partial charge in [0.25, 0.3) is 0 Å². The van der Waals surface area contributed by atoms with E-state index in [1.54, 1.807) is 0 Å². The van der Waals surface area contributed by atoms with E-state index in [1.807, 2.05) is 0 Å². The highest BCUT2D eigenvalue weighted by atomic mass is 16.5. The van der Waals surface area contributed by atoms with E-state index in [0.717, 1.165) is 32.5 Å². The molecule has 0 spiro atoms. The predicted molar refractivity (Wildman–Crippen MR) is 42.3 cm³/mol. The fraction of sp³-hybridized carbons (Fsp3) is 1.00. The standard InChI is InChI=1S/C9H16O2/c10-9-4-2-1-3-8(9)7-11-6-5-9/h8,10H,1-7H2/t8?,9-/m1/s1. The molecule has 1 saturated carbocycles. The smallest absolute Gasteiger partial charge is 0.0719 e. The Morgan fingerprint density at radius 2 is 2.18 bits per heavy atom. The summed E-state index contributed by atoms with van der Waals surface area (Å²) in [6, 6.07) is 0. The van der Waals surface area contributed by atoms with Gasteiger partial charge in [0.15, 0.2) is 0 Å². The number of fused-ring (bicyclic) bond motifs is 1. The van der Waals surface area contributed by atoms with E-state index in [4.69, 9.17) is 4.74 Å². The van der Waals surface area contributed by atoms with E-state index in [-0.39, 0.29) is 5.60 Å². The molecule has 1 unspecified atom stereocenters. The third kappa shape index (κ3) is 1.30. The molecule has 0 aromatic heterocycles. The molecule has 11 heavy (non-hydrogen) atoms. The zero-order valence-electron chi connectivity index (χ0n) is 6.88. The molecule has 2 atom stereocenters. The second kappa shape index (κ2) is 2.76. The number of ether oxygens (including phenoxy) is 1. The van der Waals surface area contributed by atoms with E-state index in [1.165, 1.54) is 12.8 Å².